The van der Waals surface area contributed by atoms with Crippen LogP contribution in [0.15, 0.2) is 24.3 Å². The maximum atomic E-state index is 12.6. The van der Waals surface area contributed by atoms with Gasteiger partial charge in [-0.15, -0.1) is 0 Å². The van der Waals surface area contributed by atoms with Crippen molar-refractivity contribution in [3.63, 3.8) is 0 Å². The van der Waals surface area contributed by atoms with Crippen molar-refractivity contribution >= 4 is 11.6 Å². The van der Waals surface area contributed by atoms with Crippen molar-refractivity contribution in [2.75, 3.05) is 11.4 Å². The van der Waals surface area contributed by atoms with Crippen molar-refractivity contribution in [2.24, 2.45) is 0 Å². The Bertz CT molecular complexity index is 474. The molecule has 0 aliphatic carbocycles. The highest BCUT2D eigenvalue weighted by molar-refractivity contribution is 6.00. The number of benzene rings is 1. The van der Waals surface area contributed by atoms with Crippen LogP contribution in [0.5, 0.6) is 0 Å². The van der Waals surface area contributed by atoms with E-state index in [-0.39, 0.29) is 11.4 Å². The second-order valence-corrected chi connectivity index (χ2v) is 6.55. The van der Waals surface area contributed by atoms with Gasteiger partial charge in [0.2, 0.25) is 5.91 Å². The van der Waals surface area contributed by atoms with Gasteiger partial charge in [0, 0.05) is 17.8 Å². The van der Waals surface area contributed by atoms with E-state index >= 15 is 0 Å². The number of carbonyl (C=O) groups is 1. The van der Waals surface area contributed by atoms with E-state index in [9.17, 15) is 4.79 Å². The van der Waals surface area contributed by atoms with Crippen molar-refractivity contribution in [1.82, 2.24) is 5.32 Å². The summed E-state index contributed by atoms with van der Waals surface area (Å²) in [6.45, 7) is 11.0. The molecule has 1 aromatic carbocycles. The molecule has 0 bridgehead atoms. The molecule has 0 unspecified atom stereocenters. The van der Waals surface area contributed by atoms with Crippen LogP contribution in [0.1, 0.15) is 40.2 Å². The summed E-state index contributed by atoms with van der Waals surface area (Å²) in [5.41, 5.74) is 1.68. The average Bonchev–Trinajstić information content (AvgIpc) is 2.33. The van der Waals surface area contributed by atoms with E-state index in [0.717, 1.165) is 12.1 Å². The van der Waals surface area contributed by atoms with Gasteiger partial charge < -0.3 is 4.90 Å². The lowest BCUT2D eigenvalue weighted by Crippen LogP contribution is -2.70. The van der Waals surface area contributed by atoms with Crippen LogP contribution in [0, 0.1) is 0 Å². The molecule has 1 fully saturated rings. The van der Waals surface area contributed by atoms with Gasteiger partial charge in [0.25, 0.3) is 0 Å². The minimum Gasteiger partial charge on any atom is -0.309 e. The lowest BCUT2D eigenvalue weighted by atomic mass is 9.90. The monoisotopic (exact) mass is 260 g/mol. The summed E-state index contributed by atoms with van der Waals surface area (Å²) in [7, 11) is 0. The van der Waals surface area contributed by atoms with E-state index < -0.39 is 5.54 Å². The fourth-order valence-electron chi connectivity index (χ4n) is 2.86. The van der Waals surface area contributed by atoms with Gasteiger partial charge in [-0.3, -0.25) is 10.1 Å². The van der Waals surface area contributed by atoms with E-state index in [4.69, 9.17) is 0 Å². The number of rotatable bonds is 2. The zero-order chi connectivity index (χ0) is 14.3. The first-order valence-corrected chi connectivity index (χ1v) is 6.95. The highest BCUT2D eigenvalue weighted by atomic mass is 16.2. The van der Waals surface area contributed by atoms with Crippen molar-refractivity contribution in [3.8, 4) is 0 Å². The molecule has 3 heteroatoms. The van der Waals surface area contributed by atoms with E-state index in [1.54, 1.807) is 0 Å². The van der Waals surface area contributed by atoms with Crippen LogP contribution < -0.4 is 10.2 Å². The molecule has 1 aliphatic rings. The van der Waals surface area contributed by atoms with Crippen molar-refractivity contribution in [3.05, 3.63) is 29.8 Å². The van der Waals surface area contributed by atoms with Crippen LogP contribution in [0.25, 0.3) is 0 Å². The molecular formula is C16H24N2O. The van der Waals surface area contributed by atoms with Crippen LogP contribution in [0.4, 0.5) is 5.69 Å². The van der Waals surface area contributed by atoms with E-state index in [2.05, 4.69) is 38.2 Å². The molecule has 1 aliphatic heterocycles. The minimum atomic E-state index is -0.523. The number of amides is 1. The summed E-state index contributed by atoms with van der Waals surface area (Å²) in [5, 5.41) is 3.41. The Labute approximate surface area is 116 Å². The van der Waals surface area contributed by atoms with Crippen molar-refractivity contribution < 1.29 is 4.79 Å². The maximum Gasteiger partial charge on any atom is 0.246 e. The van der Waals surface area contributed by atoms with Gasteiger partial charge in [0.05, 0.1) is 5.54 Å². The second-order valence-electron chi connectivity index (χ2n) is 6.55. The highest BCUT2D eigenvalue weighted by Crippen LogP contribution is 2.27. The Kier molecular flexibility index (Phi) is 3.43. The predicted molar refractivity (Wildman–Crippen MR) is 79.5 cm³/mol. The third-order valence-electron chi connectivity index (χ3n) is 3.64. The lowest BCUT2D eigenvalue weighted by molar-refractivity contribution is -0.126. The number of carbonyl (C=O) groups excluding carboxylic acids is 1. The standard InChI is InChI=1S/C16H24N2O/c1-6-12-7-9-13(10-8-12)18-11-15(2,3)17-16(4,5)14(18)19/h7-10,17H,6,11H2,1-5H3. The lowest BCUT2D eigenvalue weighted by Gasteiger charge is -2.47. The molecule has 2 rings (SSSR count). The fraction of sp³-hybridized carbons (Fsp3) is 0.562. The maximum absolute atomic E-state index is 12.6. The van der Waals surface area contributed by atoms with Gasteiger partial charge in [0.15, 0.2) is 0 Å². The molecule has 1 aromatic rings. The van der Waals surface area contributed by atoms with Gasteiger partial charge in [0.1, 0.15) is 0 Å². The van der Waals surface area contributed by atoms with E-state index in [1.165, 1.54) is 5.56 Å². The normalized spacial score (nSPS) is 21.5. The summed E-state index contributed by atoms with van der Waals surface area (Å²) < 4.78 is 0. The van der Waals surface area contributed by atoms with Crippen molar-refractivity contribution in [2.45, 2.75) is 52.1 Å². The molecule has 3 nitrogen and oxygen atoms in total. The number of nitrogens with one attached hydrogen (secondary N) is 1. The van der Waals surface area contributed by atoms with Gasteiger partial charge >= 0.3 is 0 Å². The average molecular weight is 260 g/mol. The number of nitrogens with zero attached hydrogens (tertiary/aromatic N) is 1. The van der Waals surface area contributed by atoms with Gasteiger partial charge in [-0.25, -0.2) is 0 Å². The minimum absolute atomic E-state index is 0.0825. The second kappa shape index (κ2) is 4.64. The molecule has 0 atom stereocenters. The summed E-state index contributed by atoms with van der Waals surface area (Å²) >= 11 is 0. The Balaban J connectivity index is 2.33. The van der Waals surface area contributed by atoms with Crippen LogP contribution in [0.2, 0.25) is 0 Å². The van der Waals surface area contributed by atoms with E-state index in [1.807, 2.05) is 30.9 Å². The number of hydrogen-bond acceptors (Lipinski definition) is 2. The number of anilines is 1. The number of hydrogen-bond donors (Lipinski definition) is 1. The molecule has 1 heterocycles. The Morgan fingerprint density at radius 2 is 1.74 bits per heavy atom. The molecule has 0 spiro atoms. The van der Waals surface area contributed by atoms with Gasteiger partial charge in [-0.1, -0.05) is 19.1 Å². The molecule has 104 valence electrons. The summed E-state index contributed by atoms with van der Waals surface area (Å²) in [5.74, 6) is 0.135. The molecule has 1 N–H and O–H groups in total. The molecule has 0 saturated carbocycles. The molecule has 1 amide bonds. The quantitative estimate of drug-likeness (QED) is 0.886. The Morgan fingerprint density at radius 3 is 2.26 bits per heavy atom. The number of piperazine rings is 1. The molecule has 0 radical (unpaired) electrons. The largest absolute Gasteiger partial charge is 0.309 e. The summed E-state index contributed by atoms with van der Waals surface area (Å²) in [4.78, 5) is 14.5. The molecule has 0 aromatic heterocycles. The molecular weight excluding hydrogens is 236 g/mol. The summed E-state index contributed by atoms with van der Waals surface area (Å²) in [6, 6.07) is 8.30. The topological polar surface area (TPSA) is 32.3 Å². The molecule has 19 heavy (non-hydrogen) atoms. The first kappa shape index (κ1) is 14.1. The zero-order valence-corrected chi connectivity index (χ0v) is 12.6. The first-order chi connectivity index (χ1) is 8.75. The molecule has 1 saturated heterocycles. The van der Waals surface area contributed by atoms with Gasteiger partial charge in [-0.2, -0.15) is 0 Å². The van der Waals surface area contributed by atoms with Crippen molar-refractivity contribution in [1.29, 1.82) is 0 Å². The first-order valence-electron chi connectivity index (χ1n) is 6.95. The van der Waals surface area contributed by atoms with Crippen LogP contribution in [0.3, 0.4) is 0 Å². The summed E-state index contributed by atoms with van der Waals surface area (Å²) in [6.07, 6.45) is 1.02. The third kappa shape index (κ3) is 2.81. The Hall–Kier alpha value is -1.35. The zero-order valence-electron chi connectivity index (χ0n) is 12.6. The highest BCUT2D eigenvalue weighted by Gasteiger charge is 2.43. The predicted octanol–water partition coefficient (Wildman–Crippen LogP) is 2.74. The van der Waals surface area contributed by atoms with E-state index in [0.29, 0.717) is 6.54 Å². The van der Waals surface area contributed by atoms with Gasteiger partial charge in [-0.05, 0) is 51.8 Å². The van der Waals surface area contributed by atoms with Crippen LogP contribution in [-0.2, 0) is 11.2 Å². The smallest absolute Gasteiger partial charge is 0.246 e. The number of aryl methyl sites for hydroxylation is 1. The fourth-order valence-corrected chi connectivity index (χ4v) is 2.86. The van der Waals surface area contributed by atoms with Crippen LogP contribution in [-0.4, -0.2) is 23.5 Å². The SMILES string of the molecule is CCc1ccc(N2CC(C)(C)NC(C)(C)C2=O)cc1. The van der Waals surface area contributed by atoms with Crippen LogP contribution >= 0.6 is 0 Å². The third-order valence-corrected chi connectivity index (χ3v) is 3.64. The Morgan fingerprint density at radius 1 is 1.16 bits per heavy atom.